The number of Topliss-reactive ketones (excluding diaryl/α,β-unsaturated/α-hetero) is 1. The molecular formula is C34H58O3. The largest absolute Gasteiger partial charge is 0.374 e. The fourth-order valence-electron chi connectivity index (χ4n) is 9.84. The number of unbranched alkanes of at least 4 members (excludes halogenated alkanes) is 14. The molecule has 3 saturated carbocycles. The van der Waals surface area contributed by atoms with Crippen LogP contribution in [-0.4, -0.2) is 30.2 Å². The van der Waals surface area contributed by atoms with Crippen LogP contribution < -0.4 is 0 Å². The average Bonchev–Trinajstić information content (AvgIpc) is 3.67. The summed E-state index contributed by atoms with van der Waals surface area (Å²) in [6, 6.07) is 0. The number of ketones is 1. The lowest BCUT2D eigenvalue weighted by molar-refractivity contribution is -0.122. The minimum atomic E-state index is -0.0388. The molecule has 3 nitrogen and oxygen atoms in total. The third-order valence-corrected chi connectivity index (χ3v) is 11.8. The highest BCUT2D eigenvalue weighted by Crippen LogP contribution is 2.89. The van der Waals surface area contributed by atoms with Gasteiger partial charge in [-0.2, -0.15) is 0 Å². The number of ether oxygens (including phenoxy) is 2. The lowest BCUT2D eigenvalue weighted by Crippen LogP contribution is -2.46. The first-order chi connectivity index (χ1) is 17.8. The van der Waals surface area contributed by atoms with E-state index in [1.165, 1.54) is 109 Å². The Balaban J connectivity index is 0.928. The van der Waals surface area contributed by atoms with Gasteiger partial charge in [-0.1, -0.05) is 118 Å². The lowest BCUT2D eigenvalue weighted by Gasteiger charge is -2.37. The van der Waals surface area contributed by atoms with E-state index in [9.17, 15) is 4.79 Å². The van der Waals surface area contributed by atoms with Crippen LogP contribution in [0.15, 0.2) is 0 Å². The van der Waals surface area contributed by atoms with Crippen molar-refractivity contribution in [1.82, 2.24) is 0 Å². The SMILES string of the molecule is CCCCCCCCCCCCCCCCCC(=O)C[C@H]1OC[C@]23O[C@H]2[C@@H]2CC(C)(C)C[C@@H]2[C@@]2(C)C[C@@]132. The Morgan fingerprint density at radius 2 is 1.35 bits per heavy atom. The van der Waals surface area contributed by atoms with Gasteiger partial charge in [0.1, 0.15) is 11.4 Å². The van der Waals surface area contributed by atoms with Crippen molar-refractivity contribution < 1.29 is 14.3 Å². The summed E-state index contributed by atoms with van der Waals surface area (Å²) in [6.07, 6.45) is 26.3. The molecule has 2 saturated heterocycles. The smallest absolute Gasteiger partial charge is 0.135 e. The molecule has 5 rings (SSSR count). The van der Waals surface area contributed by atoms with Gasteiger partial charge in [0, 0.05) is 18.3 Å². The fourth-order valence-corrected chi connectivity index (χ4v) is 9.84. The van der Waals surface area contributed by atoms with E-state index in [1.807, 2.05) is 0 Å². The number of epoxide rings is 1. The van der Waals surface area contributed by atoms with Gasteiger partial charge in [0.2, 0.25) is 0 Å². The third-order valence-electron chi connectivity index (χ3n) is 11.8. The zero-order valence-electron chi connectivity index (χ0n) is 24.9. The van der Waals surface area contributed by atoms with Gasteiger partial charge in [0.05, 0.1) is 18.8 Å². The predicted octanol–water partition coefficient (Wildman–Crippen LogP) is 9.21. The summed E-state index contributed by atoms with van der Waals surface area (Å²) in [6.45, 7) is 10.5. The van der Waals surface area contributed by atoms with Gasteiger partial charge >= 0.3 is 0 Å². The van der Waals surface area contributed by atoms with Crippen molar-refractivity contribution in [3.63, 3.8) is 0 Å². The molecule has 0 aromatic heterocycles. The van der Waals surface area contributed by atoms with Crippen molar-refractivity contribution in [2.75, 3.05) is 6.61 Å². The monoisotopic (exact) mass is 514 g/mol. The van der Waals surface area contributed by atoms with Crippen molar-refractivity contribution in [3.8, 4) is 0 Å². The molecule has 2 spiro atoms. The standard InChI is InChI=1S/C34H58O3/c1-5-6-7-8-9-10-11-12-13-14-15-16-17-18-19-20-26(35)21-29-33-24-32(33,4)28-23-31(2,3)22-27(28)30-34(33,37-30)25-36-29/h27-30H,5-25H2,1-4H3/t27-,28+,29-,30+,32-,33+,34+/m1/s1. The van der Waals surface area contributed by atoms with Crippen LogP contribution in [0.1, 0.15) is 156 Å². The number of carbonyl (C=O) groups is 1. The van der Waals surface area contributed by atoms with E-state index < -0.39 is 0 Å². The average molecular weight is 515 g/mol. The maximum Gasteiger partial charge on any atom is 0.135 e. The van der Waals surface area contributed by atoms with Crippen molar-refractivity contribution in [3.05, 3.63) is 0 Å². The Bertz CT molecular complexity index is 790. The van der Waals surface area contributed by atoms with E-state index in [0.29, 0.717) is 35.1 Å². The van der Waals surface area contributed by atoms with Gasteiger partial charge in [-0.05, 0) is 48.3 Å². The van der Waals surface area contributed by atoms with E-state index in [4.69, 9.17) is 9.47 Å². The fraction of sp³-hybridized carbons (Fsp3) is 0.971. The van der Waals surface area contributed by atoms with Gasteiger partial charge in [-0.25, -0.2) is 0 Å². The molecule has 0 unspecified atom stereocenters. The van der Waals surface area contributed by atoms with Crippen LogP contribution in [0.2, 0.25) is 0 Å². The summed E-state index contributed by atoms with van der Waals surface area (Å²) in [5.74, 6) is 1.92. The maximum atomic E-state index is 13.0. The number of hydrogen-bond donors (Lipinski definition) is 0. The second kappa shape index (κ2) is 11.2. The Morgan fingerprint density at radius 3 is 1.95 bits per heavy atom. The molecular weight excluding hydrogens is 456 g/mol. The van der Waals surface area contributed by atoms with E-state index >= 15 is 0 Å². The molecule has 37 heavy (non-hydrogen) atoms. The second-order valence-corrected chi connectivity index (χ2v) is 15.1. The topological polar surface area (TPSA) is 38.8 Å². The first-order valence-corrected chi connectivity index (χ1v) is 16.6. The van der Waals surface area contributed by atoms with Gasteiger partial charge in [0.15, 0.2) is 0 Å². The molecule has 0 aromatic carbocycles. The molecule has 2 aliphatic heterocycles. The summed E-state index contributed by atoms with van der Waals surface area (Å²) in [5, 5.41) is 0. The quantitative estimate of drug-likeness (QED) is 0.135. The van der Waals surface area contributed by atoms with Crippen LogP contribution in [0.4, 0.5) is 0 Å². The van der Waals surface area contributed by atoms with Gasteiger partial charge < -0.3 is 9.47 Å². The van der Waals surface area contributed by atoms with Crippen molar-refractivity contribution >= 4 is 5.78 Å². The molecule has 7 atom stereocenters. The van der Waals surface area contributed by atoms with Crippen LogP contribution in [-0.2, 0) is 14.3 Å². The first kappa shape index (κ1) is 28.1. The lowest BCUT2D eigenvalue weighted by atomic mass is 9.62. The van der Waals surface area contributed by atoms with E-state index in [-0.39, 0.29) is 17.1 Å². The minimum Gasteiger partial charge on any atom is -0.374 e. The highest BCUT2D eigenvalue weighted by molar-refractivity contribution is 5.79. The summed E-state index contributed by atoms with van der Waals surface area (Å²) in [5.41, 5.74) is 0.863. The Hall–Kier alpha value is -0.410. The van der Waals surface area contributed by atoms with Crippen LogP contribution in [0.5, 0.6) is 0 Å². The molecule has 0 amide bonds. The molecule has 0 bridgehead atoms. The summed E-state index contributed by atoms with van der Waals surface area (Å²) in [7, 11) is 0. The van der Waals surface area contributed by atoms with Crippen LogP contribution >= 0.6 is 0 Å². The Labute approximate surface area is 228 Å². The normalized spacial score (nSPS) is 40.1. The summed E-state index contributed by atoms with van der Waals surface area (Å²) < 4.78 is 13.0. The van der Waals surface area contributed by atoms with E-state index in [2.05, 4.69) is 27.7 Å². The molecule has 3 aliphatic carbocycles. The third kappa shape index (κ3) is 5.23. The molecule has 5 fully saturated rings. The van der Waals surface area contributed by atoms with Crippen molar-refractivity contribution in [1.29, 1.82) is 0 Å². The molecule has 5 aliphatic rings. The van der Waals surface area contributed by atoms with Gasteiger partial charge in [0.25, 0.3) is 0 Å². The first-order valence-electron chi connectivity index (χ1n) is 16.6. The molecule has 3 heteroatoms. The van der Waals surface area contributed by atoms with Crippen molar-refractivity contribution in [2.45, 2.75) is 174 Å². The van der Waals surface area contributed by atoms with Crippen molar-refractivity contribution in [2.24, 2.45) is 28.1 Å². The van der Waals surface area contributed by atoms with Gasteiger partial charge in [-0.3, -0.25) is 4.79 Å². The minimum absolute atomic E-state index is 0.0388. The zero-order chi connectivity index (χ0) is 26.2. The predicted molar refractivity (Wildman–Crippen MR) is 152 cm³/mol. The van der Waals surface area contributed by atoms with Crippen LogP contribution in [0.3, 0.4) is 0 Å². The summed E-state index contributed by atoms with van der Waals surface area (Å²) >= 11 is 0. The number of fused-ring (bicyclic) bond motifs is 3. The van der Waals surface area contributed by atoms with Crippen LogP contribution in [0.25, 0.3) is 0 Å². The number of hydrogen-bond acceptors (Lipinski definition) is 3. The Morgan fingerprint density at radius 1 is 0.784 bits per heavy atom. The summed E-state index contributed by atoms with van der Waals surface area (Å²) in [4.78, 5) is 13.0. The van der Waals surface area contributed by atoms with Gasteiger partial charge in [-0.15, -0.1) is 0 Å². The van der Waals surface area contributed by atoms with E-state index in [0.717, 1.165) is 25.4 Å². The second-order valence-electron chi connectivity index (χ2n) is 15.1. The molecule has 0 aromatic rings. The highest BCUT2D eigenvalue weighted by Gasteiger charge is 2.93. The molecule has 212 valence electrons. The zero-order valence-corrected chi connectivity index (χ0v) is 24.9. The highest BCUT2D eigenvalue weighted by atomic mass is 16.7. The molecule has 0 radical (unpaired) electrons. The Kier molecular flexibility index (Phi) is 8.53. The van der Waals surface area contributed by atoms with Crippen LogP contribution in [0, 0.1) is 28.1 Å². The number of rotatable bonds is 18. The maximum absolute atomic E-state index is 13.0. The molecule has 0 N–H and O–H groups in total. The molecule has 2 heterocycles. The van der Waals surface area contributed by atoms with E-state index in [1.54, 1.807) is 0 Å². The number of carbonyl (C=O) groups excluding carboxylic acids is 1.